The number of aliphatic hydroxyl groups excluding tert-OH is 2. The van der Waals surface area contributed by atoms with Gasteiger partial charge in [-0.3, -0.25) is 4.90 Å². The number of rotatable bonds is 2. The van der Waals surface area contributed by atoms with E-state index in [0.29, 0.717) is 25.6 Å². The molecule has 1 fully saturated rings. The summed E-state index contributed by atoms with van der Waals surface area (Å²) < 4.78 is 5.62. The van der Waals surface area contributed by atoms with Crippen molar-refractivity contribution in [2.75, 3.05) is 26.2 Å². The fourth-order valence-electron chi connectivity index (χ4n) is 2.69. The molecule has 0 radical (unpaired) electrons. The summed E-state index contributed by atoms with van der Waals surface area (Å²) in [4.78, 5) is 2.10. The number of hydrogen-bond acceptors (Lipinski definition) is 4. The van der Waals surface area contributed by atoms with Gasteiger partial charge in [0.25, 0.3) is 0 Å². The van der Waals surface area contributed by atoms with E-state index in [2.05, 4.69) is 11.0 Å². The van der Waals surface area contributed by atoms with Gasteiger partial charge < -0.3 is 14.9 Å². The van der Waals surface area contributed by atoms with E-state index in [1.165, 1.54) is 5.56 Å². The highest BCUT2D eigenvalue weighted by atomic mass is 16.5. The molecule has 0 saturated carbocycles. The van der Waals surface area contributed by atoms with E-state index >= 15 is 0 Å². The lowest BCUT2D eigenvalue weighted by Gasteiger charge is -2.18. The molecular formula is C13H17NO3. The maximum absolute atomic E-state index is 9.51. The summed E-state index contributed by atoms with van der Waals surface area (Å²) in [5, 5.41) is 19.0. The highest BCUT2D eigenvalue weighted by Gasteiger charge is 2.33. The quantitative estimate of drug-likeness (QED) is 0.769. The standard InChI is InChI=1S/C13H17NO3/c15-11-6-14(7-12(11)16)5-9-8-17-13-4-2-1-3-10(9)13/h1-4,9,11-12,15-16H,5-8H2. The zero-order chi connectivity index (χ0) is 11.8. The molecule has 4 nitrogen and oxygen atoms in total. The van der Waals surface area contributed by atoms with Crippen molar-refractivity contribution in [1.29, 1.82) is 0 Å². The first kappa shape index (κ1) is 11.0. The zero-order valence-electron chi connectivity index (χ0n) is 9.62. The van der Waals surface area contributed by atoms with E-state index in [1.54, 1.807) is 0 Å². The van der Waals surface area contributed by atoms with Gasteiger partial charge in [0.1, 0.15) is 5.75 Å². The van der Waals surface area contributed by atoms with Gasteiger partial charge in [0.2, 0.25) is 0 Å². The Kier molecular flexibility index (Phi) is 2.78. The summed E-state index contributed by atoms with van der Waals surface area (Å²) in [7, 11) is 0. The molecule has 0 aromatic heterocycles. The third-order valence-electron chi connectivity index (χ3n) is 3.61. The van der Waals surface area contributed by atoms with Gasteiger partial charge in [0, 0.05) is 31.1 Å². The first-order valence-corrected chi connectivity index (χ1v) is 6.04. The molecule has 3 atom stereocenters. The first-order valence-electron chi connectivity index (χ1n) is 6.04. The second-order valence-electron chi connectivity index (χ2n) is 4.90. The van der Waals surface area contributed by atoms with Gasteiger partial charge in [-0.15, -0.1) is 0 Å². The van der Waals surface area contributed by atoms with Gasteiger partial charge >= 0.3 is 0 Å². The average Bonchev–Trinajstić information content (AvgIpc) is 2.85. The summed E-state index contributed by atoms with van der Waals surface area (Å²) in [5.74, 6) is 1.32. The summed E-state index contributed by atoms with van der Waals surface area (Å²) >= 11 is 0. The Balaban J connectivity index is 1.68. The summed E-state index contributed by atoms with van der Waals surface area (Å²) in [6.45, 7) is 2.65. The van der Waals surface area contributed by atoms with Crippen molar-refractivity contribution in [3.63, 3.8) is 0 Å². The van der Waals surface area contributed by atoms with E-state index in [9.17, 15) is 10.2 Å². The van der Waals surface area contributed by atoms with Gasteiger partial charge in [-0.2, -0.15) is 0 Å². The van der Waals surface area contributed by atoms with Gasteiger partial charge in [0.15, 0.2) is 0 Å². The molecule has 2 heterocycles. The second kappa shape index (κ2) is 4.29. The van der Waals surface area contributed by atoms with Gasteiger partial charge in [-0.1, -0.05) is 18.2 Å². The van der Waals surface area contributed by atoms with Crippen LogP contribution < -0.4 is 4.74 Å². The Labute approximate surface area is 100 Å². The van der Waals surface area contributed by atoms with Crippen molar-refractivity contribution in [3.8, 4) is 5.75 Å². The van der Waals surface area contributed by atoms with Crippen LogP contribution in [-0.4, -0.2) is 53.6 Å². The molecule has 1 aromatic rings. The Morgan fingerprint density at radius 1 is 1.18 bits per heavy atom. The van der Waals surface area contributed by atoms with Crippen LogP contribution in [0.5, 0.6) is 5.75 Å². The predicted octanol–water partition coefficient (Wildman–Crippen LogP) is 0.200. The van der Waals surface area contributed by atoms with Crippen molar-refractivity contribution < 1.29 is 14.9 Å². The third-order valence-corrected chi connectivity index (χ3v) is 3.61. The van der Waals surface area contributed by atoms with E-state index in [1.807, 2.05) is 18.2 Å². The van der Waals surface area contributed by atoms with E-state index < -0.39 is 12.2 Å². The largest absolute Gasteiger partial charge is 0.493 e. The molecule has 0 aliphatic carbocycles. The van der Waals surface area contributed by atoms with Crippen molar-refractivity contribution in [2.24, 2.45) is 0 Å². The molecule has 3 unspecified atom stereocenters. The highest BCUT2D eigenvalue weighted by molar-refractivity contribution is 5.39. The molecule has 17 heavy (non-hydrogen) atoms. The zero-order valence-corrected chi connectivity index (χ0v) is 9.62. The van der Waals surface area contributed by atoms with Crippen LogP contribution in [-0.2, 0) is 0 Å². The lowest BCUT2D eigenvalue weighted by atomic mass is 10.0. The van der Waals surface area contributed by atoms with Crippen LogP contribution in [0.15, 0.2) is 24.3 Å². The molecule has 92 valence electrons. The number of nitrogens with zero attached hydrogens (tertiary/aromatic N) is 1. The second-order valence-corrected chi connectivity index (χ2v) is 4.90. The maximum atomic E-state index is 9.51. The maximum Gasteiger partial charge on any atom is 0.122 e. The summed E-state index contributed by atoms with van der Waals surface area (Å²) in [6.07, 6.45) is -1.21. The lowest BCUT2D eigenvalue weighted by Crippen LogP contribution is -2.28. The van der Waals surface area contributed by atoms with E-state index in [-0.39, 0.29) is 0 Å². The smallest absolute Gasteiger partial charge is 0.122 e. The number of aliphatic hydroxyl groups is 2. The number of β-amino-alcohol motifs (C(OH)–C–C–N with tert-alkyl or cyclic N) is 2. The van der Waals surface area contributed by atoms with Crippen LogP contribution in [0, 0.1) is 0 Å². The molecule has 2 aliphatic rings. The van der Waals surface area contributed by atoms with Crippen LogP contribution >= 0.6 is 0 Å². The Morgan fingerprint density at radius 3 is 2.65 bits per heavy atom. The van der Waals surface area contributed by atoms with Crippen molar-refractivity contribution >= 4 is 0 Å². The van der Waals surface area contributed by atoms with E-state index in [0.717, 1.165) is 12.3 Å². The van der Waals surface area contributed by atoms with Crippen molar-refractivity contribution in [1.82, 2.24) is 4.90 Å². The molecule has 4 heteroatoms. The van der Waals surface area contributed by atoms with Crippen LogP contribution in [0.3, 0.4) is 0 Å². The topological polar surface area (TPSA) is 52.9 Å². The Morgan fingerprint density at radius 2 is 1.88 bits per heavy atom. The fraction of sp³-hybridized carbons (Fsp3) is 0.538. The molecule has 2 aliphatic heterocycles. The van der Waals surface area contributed by atoms with Crippen LogP contribution in [0.1, 0.15) is 11.5 Å². The van der Waals surface area contributed by atoms with Crippen molar-refractivity contribution in [2.45, 2.75) is 18.1 Å². The molecule has 1 saturated heterocycles. The summed E-state index contributed by atoms with van der Waals surface area (Å²) in [5.41, 5.74) is 1.24. The molecule has 2 N–H and O–H groups in total. The van der Waals surface area contributed by atoms with Crippen LogP contribution in [0.2, 0.25) is 0 Å². The van der Waals surface area contributed by atoms with Gasteiger partial charge in [-0.25, -0.2) is 0 Å². The molecule has 1 aromatic carbocycles. The number of ether oxygens (including phenoxy) is 1. The predicted molar refractivity (Wildman–Crippen MR) is 63.1 cm³/mol. The van der Waals surface area contributed by atoms with Crippen LogP contribution in [0.25, 0.3) is 0 Å². The monoisotopic (exact) mass is 235 g/mol. The molecule has 0 spiro atoms. The minimum absolute atomic E-state index is 0.351. The lowest BCUT2D eigenvalue weighted by molar-refractivity contribution is 0.0572. The van der Waals surface area contributed by atoms with Gasteiger partial charge in [0.05, 0.1) is 18.8 Å². The minimum atomic E-state index is -0.604. The SMILES string of the molecule is OC1CN(CC2COc3ccccc32)CC1O. The summed E-state index contributed by atoms with van der Waals surface area (Å²) in [6, 6.07) is 8.08. The number of hydrogen-bond donors (Lipinski definition) is 2. The molecule has 3 rings (SSSR count). The normalized spacial score (nSPS) is 32.5. The molecular weight excluding hydrogens is 218 g/mol. The number of benzene rings is 1. The molecule has 0 amide bonds. The Hall–Kier alpha value is -1.10. The number of fused-ring (bicyclic) bond motifs is 1. The van der Waals surface area contributed by atoms with Crippen LogP contribution in [0.4, 0.5) is 0 Å². The molecule has 0 bridgehead atoms. The van der Waals surface area contributed by atoms with Crippen molar-refractivity contribution in [3.05, 3.63) is 29.8 Å². The minimum Gasteiger partial charge on any atom is -0.493 e. The number of likely N-dealkylation sites (tertiary alicyclic amines) is 1. The third kappa shape index (κ3) is 2.04. The number of para-hydroxylation sites is 1. The van der Waals surface area contributed by atoms with Gasteiger partial charge in [-0.05, 0) is 6.07 Å². The fourth-order valence-corrected chi connectivity index (χ4v) is 2.69. The Bertz CT molecular complexity index is 399. The first-order chi connectivity index (χ1) is 8.24. The highest BCUT2D eigenvalue weighted by Crippen LogP contribution is 2.34. The average molecular weight is 235 g/mol. The van der Waals surface area contributed by atoms with E-state index in [4.69, 9.17) is 4.74 Å².